The number of aliphatic hydroxyl groups excluding tert-OH is 1. The third kappa shape index (κ3) is 4.86. The van der Waals surface area contributed by atoms with Gasteiger partial charge >= 0.3 is 0 Å². The van der Waals surface area contributed by atoms with E-state index in [1.807, 2.05) is 19.9 Å². The molecule has 1 heterocycles. The van der Waals surface area contributed by atoms with Gasteiger partial charge in [-0.25, -0.2) is 0 Å². The van der Waals surface area contributed by atoms with E-state index in [9.17, 15) is 15.3 Å². The highest BCUT2D eigenvalue weighted by Gasteiger charge is 2.17. The van der Waals surface area contributed by atoms with E-state index in [1.54, 1.807) is 37.4 Å². The van der Waals surface area contributed by atoms with E-state index in [4.69, 9.17) is 9.15 Å². The highest BCUT2D eigenvalue weighted by Crippen LogP contribution is 2.38. The van der Waals surface area contributed by atoms with Crippen molar-refractivity contribution >= 4 is 11.0 Å². The number of aromatic hydroxyl groups is 2. The first kappa shape index (κ1) is 21.5. The van der Waals surface area contributed by atoms with Crippen molar-refractivity contribution in [1.29, 1.82) is 0 Å². The lowest BCUT2D eigenvalue weighted by Gasteiger charge is -2.13. The van der Waals surface area contributed by atoms with Crippen molar-refractivity contribution in [2.75, 3.05) is 7.11 Å². The molecule has 30 heavy (non-hydrogen) atoms. The molecule has 1 atom stereocenters. The quantitative estimate of drug-likeness (QED) is 0.415. The predicted octanol–water partition coefficient (Wildman–Crippen LogP) is 5.73. The number of benzene rings is 2. The number of hydrogen-bond donors (Lipinski definition) is 3. The molecule has 0 amide bonds. The summed E-state index contributed by atoms with van der Waals surface area (Å²) in [6, 6.07) is 10.1. The van der Waals surface area contributed by atoms with Gasteiger partial charge in [0.05, 0.1) is 13.2 Å². The Morgan fingerprint density at radius 2 is 1.90 bits per heavy atom. The number of rotatable bonds is 8. The maximum Gasteiger partial charge on any atom is 0.138 e. The first-order valence-corrected chi connectivity index (χ1v) is 9.90. The number of ether oxygens (including phenoxy) is 1. The molecular formula is C25H28O5. The van der Waals surface area contributed by atoms with Gasteiger partial charge in [0.15, 0.2) is 0 Å². The van der Waals surface area contributed by atoms with Crippen LogP contribution in [0.5, 0.6) is 17.2 Å². The number of allylic oxidation sites excluding steroid dienone is 2. The zero-order chi connectivity index (χ0) is 21.8. The van der Waals surface area contributed by atoms with Crippen LogP contribution in [0.3, 0.4) is 0 Å². The molecule has 0 spiro atoms. The van der Waals surface area contributed by atoms with Gasteiger partial charge in [0, 0.05) is 28.6 Å². The highest BCUT2D eigenvalue weighted by atomic mass is 16.5. The van der Waals surface area contributed by atoms with E-state index in [-0.39, 0.29) is 11.5 Å². The molecule has 0 fully saturated rings. The molecule has 0 aliphatic rings. The van der Waals surface area contributed by atoms with Crippen molar-refractivity contribution in [3.63, 3.8) is 0 Å². The maximum atomic E-state index is 10.2. The van der Waals surface area contributed by atoms with Crippen molar-refractivity contribution in [3.8, 4) is 28.6 Å². The van der Waals surface area contributed by atoms with Crippen LogP contribution >= 0.6 is 0 Å². The molecule has 3 rings (SSSR count). The van der Waals surface area contributed by atoms with Crippen molar-refractivity contribution in [1.82, 2.24) is 0 Å². The number of furan rings is 1. The normalized spacial score (nSPS) is 12.9. The third-order valence-electron chi connectivity index (χ3n) is 5.22. The molecule has 0 bridgehead atoms. The Labute approximate surface area is 176 Å². The lowest BCUT2D eigenvalue weighted by molar-refractivity contribution is 0.201. The fourth-order valence-electron chi connectivity index (χ4n) is 3.39. The van der Waals surface area contributed by atoms with Crippen LogP contribution in [0.4, 0.5) is 0 Å². The molecule has 2 aromatic carbocycles. The molecule has 0 saturated carbocycles. The van der Waals surface area contributed by atoms with Crippen LogP contribution < -0.4 is 4.74 Å². The van der Waals surface area contributed by atoms with E-state index in [0.29, 0.717) is 29.9 Å². The Bertz CT molecular complexity index is 1090. The third-order valence-corrected chi connectivity index (χ3v) is 5.22. The minimum Gasteiger partial charge on any atom is -0.508 e. The second-order valence-corrected chi connectivity index (χ2v) is 7.66. The number of phenolic OH excluding ortho intramolecular Hbond substituents is 2. The summed E-state index contributed by atoms with van der Waals surface area (Å²) in [5.74, 6) is 1.37. The van der Waals surface area contributed by atoms with E-state index in [0.717, 1.165) is 34.1 Å². The minimum atomic E-state index is -0.501. The summed E-state index contributed by atoms with van der Waals surface area (Å²) in [7, 11) is 1.57. The Morgan fingerprint density at radius 3 is 2.60 bits per heavy atom. The standard InChI is InChI=1S/C25H28O5/c1-15(2)22(28)10-6-16(3)5-9-20-21(12-19(27)14-24(20)29-4)25-11-17-7-8-18(26)13-23(17)30-25/h5,7-8,11-14,22,26-28H,1,6,9-10H2,2-4H3/b16-5+/t22-/m0/s1. The van der Waals surface area contributed by atoms with E-state index in [2.05, 4.69) is 12.7 Å². The van der Waals surface area contributed by atoms with Gasteiger partial charge in [-0.2, -0.15) is 0 Å². The molecule has 0 aliphatic heterocycles. The second-order valence-electron chi connectivity index (χ2n) is 7.66. The highest BCUT2D eigenvalue weighted by molar-refractivity contribution is 5.85. The summed E-state index contributed by atoms with van der Waals surface area (Å²) >= 11 is 0. The monoisotopic (exact) mass is 408 g/mol. The van der Waals surface area contributed by atoms with Crippen molar-refractivity contribution in [2.24, 2.45) is 0 Å². The largest absolute Gasteiger partial charge is 0.508 e. The van der Waals surface area contributed by atoms with Gasteiger partial charge in [-0.05, 0) is 57.4 Å². The summed E-state index contributed by atoms with van der Waals surface area (Å²) in [4.78, 5) is 0. The molecule has 158 valence electrons. The molecule has 5 nitrogen and oxygen atoms in total. The first-order chi connectivity index (χ1) is 14.3. The topological polar surface area (TPSA) is 83.1 Å². The Kier molecular flexibility index (Phi) is 6.53. The second kappa shape index (κ2) is 9.09. The molecule has 0 radical (unpaired) electrons. The summed E-state index contributed by atoms with van der Waals surface area (Å²) in [5, 5.41) is 30.7. The summed E-state index contributed by atoms with van der Waals surface area (Å²) < 4.78 is 11.5. The van der Waals surface area contributed by atoms with Gasteiger partial charge in [-0.1, -0.05) is 23.8 Å². The fraction of sp³-hybridized carbons (Fsp3) is 0.280. The van der Waals surface area contributed by atoms with Crippen LogP contribution in [0.15, 0.2) is 64.6 Å². The van der Waals surface area contributed by atoms with E-state index < -0.39 is 6.10 Å². The smallest absolute Gasteiger partial charge is 0.138 e. The van der Waals surface area contributed by atoms with Gasteiger partial charge in [0.1, 0.15) is 28.6 Å². The molecule has 5 heteroatoms. The number of aliphatic hydroxyl groups is 1. The Balaban J connectivity index is 1.95. The number of hydrogen-bond acceptors (Lipinski definition) is 5. The summed E-state index contributed by atoms with van der Waals surface area (Å²) in [6.45, 7) is 7.64. The Hall–Kier alpha value is -3.18. The van der Waals surface area contributed by atoms with Gasteiger partial charge in [-0.15, -0.1) is 0 Å². The minimum absolute atomic E-state index is 0.0826. The lowest BCUT2D eigenvalue weighted by Crippen LogP contribution is -2.06. The van der Waals surface area contributed by atoms with Crippen LogP contribution in [0.25, 0.3) is 22.3 Å². The van der Waals surface area contributed by atoms with Crippen molar-refractivity contribution in [2.45, 2.75) is 39.2 Å². The van der Waals surface area contributed by atoms with Gasteiger partial charge < -0.3 is 24.5 Å². The maximum absolute atomic E-state index is 10.2. The van der Waals surface area contributed by atoms with Gasteiger partial charge in [0.2, 0.25) is 0 Å². The molecule has 3 aromatic rings. The molecule has 3 N–H and O–H groups in total. The van der Waals surface area contributed by atoms with Crippen LogP contribution in [0, 0.1) is 0 Å². The average molecular weight is 408 g/mol. The van der Waals surface area contributed by atoms with Crippen molar-refractivity contribution < 1.29 is 24.5 Å². The summed E-state index contributed by atoms with van der Waals surface area (Å²) in [6.07, 6.45) is 3.56. The van der Waals surface area contributed by atoms with Crippen LogP contribution in [0.2, 0.25) is 0 Å². The molecule has 0 unspecified atom stereocenters. The van der Waals surface area contributed by atoms with Crippen LogP contribution in [-0.4, -0.2) is 28.5 Å². The average Bonchev–Trinajstić information content (AvgIpc) is 3.13. The molecule has 1 aromatic heterocycles. The fourth-order valence-corrected chi connectivity index (χ4v) is 3.39. The van der Waals surface area contributed by atoms with Gasteiger partial charge in [-0.3, -0.25) is 0 Å². The number of methoxy groups -OCH3 is 1. The SMILES string of the molecule is C=C(C)[C@@H](O)CC/C(C)=C/Cc1c(OC)cc(O)cc1-c1cc2ccc(O)cc2o1. The zero-order valence-electron chi connectivity index (χ0n) is 17.6. The van der Waals surface area contributed by atoms with E-state index >= 15 is 0 Å². The van der Waals surface area contributed by atoms with Crippen molar-refractivity contribution in [3.05, 3.63) is 65.8 Å². The van der Waals surface area contributed by atoms with Crippen LogP contribution in [-0.2, 0) is 6.42 Å². The predicted molar refractivity (Wildman–Crippen MR) is 119 cm³/mol. The molecule has 0 aliphatic carbocycles. The molecule has 0 saturated heterocycles. The Morgan fingerprint density at radius 1 is 1.13 bits per heavy atom. The van der Waals surface area contributed by atoms with Gasteiger partial charge in [0.25, 0.3) is 0 Å². The lowest BCUT2D eigenvalue weighted by atomic mass is 9.97. The summed E-state index contributed by atoms with van der Waals surface area (Å²) in [5.41, 5.74) is 4.10. The first-order valence-electron chi connectivity index (χ1n) is 9.90. The van der Waals surface area contributed by atoms with E-state index in [1.165, 1.54) is 0 Å². The van der Waals surface area contributed by atoms with Crippen LogP contribution in [0.1, 0.15) is 32.3 Å². The number of fused-ring (bicyclic) bond motifs is 1. The molecular weight excluding hydrogens is 380 g/mol. The zero-order valence-corrected chi connectivity index (χ0v) is 17.6. The number of phenols is 2.